The Labute approximate surface area is 113 Å². The number of pyridine rings is 2. The zero-order valence-electron chi connectivity index (χ0n) is 10.7. The van der Waals surface area contributed by atoms with Crippen LogP contribution in [0.25, 0.3) is 10.9 Å². The second-order valence-electron chi connectivity index (χ2n) is 4.39. The van der Waals surface area contributed by atoms with Crippen molar-refractivity contribution in [3.63, 3.8) is 0 Å². The summed E-state index contributed by atoms with van der Waals surface area (Å²) in [6.07, 6.45) is 3.13. The molecule has 0 fully saturated rings. The lowest BCUT2D eigenvalue weighted by Gasteiger charge is -2.09. The molecule has 0 spiro atoms. The van der Waals surface area contributed by atoms with Gasteiger partial charge in [0.2, 0.25) is 5.88 Å². The number of rotatable bonds is 2. The maximum absolute atomic E-state index is 12.9. The summed E-state index contributed by atoms with van der Waals surface area (Å²) in [5, 5.41) is 0.559. The largest absolute Gasteiger partial charge is 0.441 e. The number of benzene rings is 1. The maximum atomic E-state index is 12.9. The molecule has 0 radical (unpaired) electrons. The second-order valence-corrected chi connectivity index (χ2v) is 4.39. The summed E-state index contributed by atoms with van der Waals surface area (Å²) in [5.41, 5.74) is 0.950. The first-order valence-corrected chi connectivity index (χ1v) is 6.05. The van der Waals surface area contributed by atoms with Gasteiger partial charge < -0.3 is 9.72 Å². The Bertz CT molecular complexity index is 825. The lowest BCUT2D eigenvalue weighted by molar-refractivity contribution is 0.459. The number of hydrogen-bond donors (Lipinski definition) is 1. The lowest BCUT2D eigenvalue weighted by Crippen LogP contribution is -2.09. The van der Waals surface area contributed by atoms with Gasteiger partial charge in [-0.15, -0.1) is 0 Å². The molecule has 4 nitrogen and oxygen atoms in total. The highest BCUT2D eigenvalue weighted by molar-refractivity contribution is 5.78. The van der Waals surface area contributed by atoms with E-state index < -0.39 is 0 Å². The summed E-state index contributed by atoms with van der Waals surface area (Å²) < 4.78 is 18.5. The van der Waals surface area contributed by atoms with E-state index >= 15 is 0 Å². The van der Waals surface area contributed by atoms with E-state index in [1.807, 2.05) is 0 Å². The van der Waals surface area contributed by atoms with E-state index in [1.165, 1.54) is 24.3 Å². The van der Waals surface area contributed by atoms with Crippen molar-refractivity contribution < 1.29 is 9.13 Å². The molecule has 0 amide bonds. The molecule has 0 saturated heterocycles. The van der Waals surface area contributed by atoms with Gasteiger partial charge in [-0.3, -0.25) is 9.78 Å². The zero-order valence-corrected chi connectivity index (χ0v) is 10.7. The third-order valence-electron chi connectivity index (χ3n) is 3.03. The molecule has 2 aromatic heterocycles. The molecule has 0 aliphatic carbocycles. The predicted octanol–water partition coefficient (Wildman–Crippen LogP) is 3.16. The van der Waals surface area contributed by atoms with Crippen molar-refractivity contribution in [1.29, 1.82) is 0 Å². The van der Waals surface area contributed by atoms with Gasteiger partial charge in [0, 0.05) is 11.6 Å². The van der Waals surface area contributed by atoms with Crippen LogP contribution < -0.4 is 10.2 Å². The van der Waals surface area contributed by atoms with E-state index in [2.05, 4.69) is 9.97 Å². The summed E-state index contributed by atoms with van der Waals surface area (Å²) in [6.45, 7) is 1.68. The molecule has 0 bridgehead atoms. The van der Waals surface area contributed by atoms with Gasteiger partial charge in [0.25, 0.3) is 0 Å². The van der Waals surface area contributed by atoms with Crippen molar-refractivity contribution in [2.24, 2.45) is 0 Å². The van der Waals surface area contributed by atoms with Gasteiger partial charge in [0.05, 0.1) is 17.3 Å². The van der Waals surface area contributed by atoms with Gasteiger partial charge in [-0.2, -0.15) is 0 Å². The number of ether oxygens (including phenoxy) is 1. The van der Waals surface area contributed by atoms with Crippen molar-refractivity contribution >= 4 is 10.9 Å². The Balaban J connectivity index is 2.10. The van der Waals surface area contributed by atoms with E-state index in [9.17, 15) is 9.18 Å². The number of aromatic amines is 1. The monoisotopic (exact) mass is 270 g/mol. The number of fused-ring (bicyclic) bond motifs is 1. The van der Waals surface area contributed by atoms with Gasteiger partial charge >= 0.3 is 0 Å². The van der Waals surface area contributed by atoms with Crippen LogP contribution in [0.1, 0.15) is 5.56 Å². The van der Waals surface area contributed by atoms with Crippen molar-refractivity contribution in [3.8, 4) is 11.6 Å². The highest BCUT2D eigenvalue weighted by Gasteiger charge is 2.10. The molecule has 2 heterocycles. The average Bonchev–Trinajstić information content (AvgIpc) is 2.47. The van der Waals surface area contributed by atoms with Gasteiger partial charge in [0.1, 0.15) is 11.6 Å². The molecule has 0 saturated carbocycles. The fourth-order valence-corrected chi connectivity index (χ4v) is 1.94. The molecule has 0 unspecified atom stereocenters. The molecule has 3 aromatic rings. The minimum Gasteiger partial charge on any atom is -0.441 e. The highest BCUT2D eigenvalue weighted by atomic mass is 19.1. The lowest BCUT2D eigenvalue weighted by atomic mass is 10.2. The van der Waals surface area contributed by atoms with E-state index in [1.54, 1.807) is 25.4 Å². The quantitative estimate of drug-likeness (QED) is 0.778. The number of hydrogen-bond acceptors (Lipinski definition) is 3. The number of aromatic nitrogens is 2. The molecule has 1 N–H and O–H groups in total. The fraction of sp³-hybridized carbons (Fsp3) is 0.0667. The molecule has 1 aromatic carbocycles. The first kappa shape index (κ1) is 12.3. The summed E-state index contributed by atoms with van der Waals surface area (Å²) in [7, 11) is 0. The van der Waals surface area contributed by atoms with Crippen molar-refractivity contribution in [1.82, 2.24) is 9.97 Å². The van der Waals surface area contributed by atoms with Crippen LogP contribution >= 0.6 is 0 Å². The smallest absolute Gasteiger partial charge is 0.204 e. The molecule has 100 valence electrons. The van der Waals surface area contributed by atoms with E-state index in [-0.39, 0.29) is 11.2 Å². The van der Waals surface area contributed by atoms with Gasteiger partial charge in [-0.1, -0.05) is 0 Å². The molecule has 0 aliphatic rings. The molecular weight excluding hydrogens is 259 g/mol. The summed E-state index contributed by atoms with van der Waals surface area (Å²) in [5.74, 6) is 0.445. The second kappa shape index (κ2) is 4.77. The molecule has 5 heteroatoms. The standard InChI is InChI=1S/C15H11FN2O2/c1-9-14(19)12-6-7-17-8-13(12)18-15(9)20-11-4-2-10(16)3-5-11/h2-8H,1H3,(H,18,19). The minimum absolute atomic E-state index is 0.113. The van der Waals surface area contributed by atoms with E-state index in [4.69, 9.17) is 4.74 Å². The van der Waals surface area contributed by atoms with Crippen molar-refractivity contribution in [2.45, 2.75) is 6.92 Å². The number of nitrogens with zero attached hydrogens (tertiary/aromatic N) is 1. The first-order valence-electron chi connectivity index (χ1n) is 6.05. The van der Waals surface area contributed by atoms with Gasteiger partial charge in [-0.25, -0.2) is 4.39 Å². The third kappa shape index (κ3) is 2.14. The van der Waals surface area contributed by atoms with Crippen LogP contribution in [0.2, 0.25) is 0 Å². The van der Waals surface area contributed by atoms with Crippen molar-refractivity contribution in [2.75, 3.05) is 0 Å². The van der Waals surface area contributed by atoms with Crippen molar-refractivity contribution in [3.05, 3.63) is 64.3 Å². The average molecular weight is 270 g/mol. The van der Waals surface area contributed by atoms with E-state index in [0.717, 1.165) is 0 Å². The molecule has 0 atom stereocenters. The topological polar surface area (TPSA) is 55.0 Å². The molecular formula is C15H11FN2O2. The third-order valence-corrected chi connectivity index (χ3v) is 3.03. The number of nitrogens with one attached hydrogen (secondary N) is 1. The van der Waals surface area contributed by atoms with Crippen LogP contribution in [0.3, 0.4) is 0 Å². The van der Waals surface area contributed by atoms with Crippen LogP contribution in [0, 0.1) is 12.7 Å². The Morgan fingerprint density at radius 1 is 1.20 bits per heavy atom. The molecule has 20 heavy (non-hydrogen) atoms. The Morgan fingerprint density at radius 2 is 1.95 bits per heavy atom. The van der Waals surface area contributed by atoms with Crippen LogP contribution in [0.4, 0.5) is 4.39 Å². The minimum atomic E-state index is -0.342. The number of H-pyrrole nitrogens is 1. The van der Waals surface area contributed by atoms with Gasteiger partial charge in [0.15, 0.2) is 5.43 Å². The Morgan fingerprint density at radius 3 is 2.70 bits per heavy atom. The summed E-state index contributed by atoms with van der Waals surface area (Å²) >= 11 is 0. The van der Waals surface area contributed by atoms with E-state index in [0.29, 0.717) is 28.1 Å². The normalized spacial score (nSPS) is 10.7. The van der Waals surface area contributed by atoms with Crippen LogP contribution in [-0.4, -0.2) is 9.97 Å². The first-order chi connectivity index (χ1) is 9.65. The maximum Gasteiger partial charge on any atom is 0.204 e. The van der Waals surface area contributed by atoms with Crippen LogP contribution in [0.15, 0.2) is 47.5 Å². The fourth-order valence-electron chi connectivity index (χ4n) is 1.94. The summed E-state index contributed by atoms with van der Waals surface area (Å²) in [4.78, 5) is 19.2. The SMILES string of the molecule is Cc1c(Oc2ccc(F)cc2)[nH]c2cnccc2c1=O. The highest BCUT2D eigenvalue weighted by Crippen LogP contribution is 2.23. The molecule has 3 rings (SSSR count). The van der Waals surface area contributed by atoms with Gasteiger partial charge in [-0.05, 0) is 37.3 Å². The molecule has 0 aliphatic heterocycles. The summed E-state index contributed by atoms with van der Waals surface area (Å²) in [6, 6.07) is 7.25. The predicted molar refractivity (Wildman–Crippen MR) is 73.6 cm³/mol. The van der Waals surface area contributed by atoms with Crippen LogP contribution in [0.5, 0.6) is 11.6 Å². The Kier molecular flexibility index (Phi) is 2.95. The number of halogens is 1. The van der Waals surface area contributed by atoms with Crippen LogP contribution in [-0.2, 0) is 0 Å². The zero-order chi connectivity index (χ0) is 14.1. The Hall–Kier alpha value is -2.69.